The van der Waals surface area contributed by atoms with E-state index in [-0.39, 0.29) is 11.8 Å². The van der Waals surface area contributed by atoms with Crippen molar-refractivity contribution in [1.29, 1.82) is 0 Å². The maximum atomic E-state index is 11.4. The van der Waals surface area contributed by atoms with Gasteiger partial charge in [-0.25, -0.2) is 4.99 Å². The highest BCUT2D eigenvalue weighted by Gasteiger charge is 2.19. The molecular weight excluding hydrogens is 543 g/mol. The van der Waals surface area contributed by atoms with Crippen molar-refractivity contribution in [3.05, 3.63) is 100.0 Å². The Labute approximate surface area is 210 Å². The van der Waals surface area contributed by atoms with Gasteiger partial charge in [-0.15, -0.1) is 0 Å². The number of aromatic hydroxyl groups is 1. The van der Waals surface area contributed by atoms with Crippen molar-refractivity contribution in [2.24, 2.45) is 4.99 Å². The number of benzene rings is 3. The lowest BCUT2D eigenvalue weighted by Gasteiger charge is -2.08. The van der Waals surface area contributed by atoms with Crippen molar-refractivity contribution in [1.82, 2.24) is 8.51 Å². The summed E-state index contributed by atoms with van der Waals surface area (Å²) >= 11 is 1.74. The molecule has 0 atom stereocenters. The number of aromatic amines is 1. The Kier molecular flexibility index (Phi) is 7.04. The average Bonchev–Trinajstić information content (AvgIpc) is 3.17. The number of amides is 1. The number of carbonyl (C=O) groups excluding carboxylic acids is 1. The summed E-state index contributed by atoms with van der Waals surface area (Å²) < 4.78 is 3.30. The average molecular weight is 563 g/mol. The SMILES string of the molecule is C[N+](=O)Cc1ccc(N=C(c2ccccc2)c2c(O)[nH]c3cc(C#CC(=O)NI)ccc23)cc1. The fourth-order valence-corrected chi connectivity index (χ4v) is 3.71. The summed E-state index contributed by atoms with van der Waals surface area (Å²) in [5.74, 6) is 4.91. The molecule has 0 saturated carbocycles. The zero-order chi connectivity index (χ0) is 24.1. The van der Waals surface area contributed by atoms with E-state index in [2.05, 4.69) is 20.4 Å². The zero-order valence-corrected chi connectivity index (χ0v) is 20.3. The Hall–Kier alpha value is -3.97. The normalized spacial score (nSPS) is 11.1. The summed E-state index contributed by atoms with van der Waals surface area (Å²) in [5.41, 5.74) is 4.89. The molecule has 0 aliphatic heterocycles. The third kappa shape index (κ3) is 5.32. The number of aromatic nitrogens is 1. The monoisotopic (exact) mass is 563 g/mol. The number of carbonyl (C=O) groups is 1. The van der Waals surface area contributed by atoms with Crippen LogP contribution in [0.3, 0.4) is 0 Å². The first-order valence-corrected chi connectivity index (χ1v) is 11.4. The molecule has 8 heteroatoms. The molecule has 1 amide bonds. The van der Waals surface area contributed by atoms with Crippen molar-refractivity contribution in [2.45, 2.75) is 6.54 Å². The van der Waals surface area contributed by atoms with Crippen LogP contribution in [-0.4, -0.2) is 33.5 Å². The molecular formula is C26H20IN4O3+. The quantitative estimate of drug-likeness (QED) is 0.107. The molecule has 7 nitrogen and oxygen atoms in total. The molecule has 3 N–H and O–H groups in total. The van der Waals surface area contributed by atoms with Crippen LogP contribution in [0.15, 0.2) is 77.8 Å². The number of H-pyrrole nitrogens is 1. The predicted octanol–water partition coefficient (Wildman–Crippen LogP) is 4.77. The Balaban J connectivity index is 1.82. The standard InChI is InChI=1S/C26H19IN4O3/c1-31(34)16-18-7-11-20(12-8-18)28-25(19-5-3-2-4-6-19)24-21-13-9-17(10-14-23(32)30-27)15-22(21)29-26(24)33/h2-9,11-13,15H,16H2,1H3,(H2-,28,29,30,32,33)/p+1. The van der Waals surface area contributed by atoms with Crippen LogP contribution in [0.2, 0.25) is 0 Å². The number of nitrogens with one attached hydrogen (secondary N) is 2. The molecule has 0 saturated heterocycles. The van der Waals surface area contributed by atoms with Gasteiger partial charge < -0.3 is 10.1 Å². The molecule has 3 aromatic carbocycles. The second-order valence-corrected chi connectivity index (χ2v) is 8.10. The van der Waals surface area contributed by atoms with Crippen LogP contribution in [-0.2, 0) is 11.3 Å². The van der Waals surface area contributed by atoms with Crippen LogP contribution >= 0.6 is 22.9 Å². The first-order valence-electron chi connectivity index (χ1n) is 10.3. The van der Waals surface area contributed by atoms with E-state index in [1.165, 1.54) is 7.05 Å². The Bertz CT molecular complexity index is 1460. The Morgan fingerprint density at radius 1 is 1.12 bits per heavy atom. The molecule has 4 aromatic rings. The fraction of sp³-hybridized carbons (Fsp3) is 0.0769. The number of aliphatic imine (C=N–C) groups is 1. The molecule has 0 spiro atoms. The number of nitrogens with zero attached hydrogens (tertiary/aromatic N) is 2. The van der Waals surface area contributed by atoms with Crippen LogP contribution in [0.1, 0.15) is 22.3 Å². The molecule has 0 unspecified atom stereocenters. The number of nitroso groups, excluding NO2 is 1. The largest absolute Gasteiger partial charge is 0.494 e. The minimum Gasteiger partial charge on any atom is -0.494 e. The number of halogens is 1. The molecule has 34 heavy (non-hydrogen) atoms. The summed E-state index contributed by atoms with van der Waals surface area (Å²) in [6.07, 6.45) is 0. The lowest BCUT2D eigenvalue weighted by molar-refractivity contribution is -0.535. The molecule has 0 aliphatic carbocycles. The lowest BCUT2D eigenvalue weighted by Crippen LogP contribution is -2.07. The summed E-state index contributed by atoms with van der Waals surface area (Å²) in [6, 6.07) is 22.4. The van der Waals surface area contributed by atoms with Gasteiger partial charge in [0, 0.05) is 32.9 Å². The van der Waals surface area contributed by atoms with Gasteiger partial charge in [-0.2, -0.15) is 0 Å². The molecule has 0 bridgehead atoms. The second kappa shape index (κ2) is 10.3. The number of fused-ring (bicyclic) bond motifs is 1. The molecule has 1 heterocycles. The van der Waals surface area contributed by atoms with Crippen molar-refractivity contribution < 1.29 is 14.7 Å². The highest BCUT2D eigenvalue weighted by molar-refractivity contribution is 14.1. The van der Waals surface area contributed by atoms with Crippen molar-refractivity contribution in [3.8, 4) is 17.7 Å². The van der Waals surface area contributed by atoms with E-state index in [4.69, 9.17) is 4.99 Å². The first-order chi connectivity index (χ1) is 16.4. The van der Waals surface area contributed by atoms with Crippen LogP contribution in [0.5, 0.6) is 5.88 Å². The van der Waals surface area contributed by atoms with E-state index >= 15 is 0 Å². The first kappa shape index (κ1) is 23.2. The van der Waals surface area contributed by atoms with Gasteiger partial charge in [0.2, 0.25) is 6.54 Å². The number of rotatable bonds is 5. The molecule has 0 fully saturated rings. The maximum Gasteiger partial charge on any atom is 0.304 e. The van der Waals surface area contributed by atoms with Crippen molar-refractivity contribution in [3.63, 3.8) is 0 Å². The van der Waals surface area contributed by atoms with Crippen LogP contribution in [0.4, 0.5) is 5.69 Å². The van der Waals surface area contributed by atoms with E-state index in [0.29, 0.717) is 34.6 Å². The Morgan fingerprint density at radius 3 is 2.53 bits per heavy atom. The third-order valence-corrected chi connectivity index (χ3v) is 5.54. The van der Waals surface area contributed by atoms with Gasteiger partial charge in [0.05, 0.1) is 45.3 Å². The maximum absolute atomic E-state index is 11.4. The number of hydrogen-bond donors (Lipinski definition) is 3. The molecule has 0 aliphatic rings. The highest BCUT2D eigenvalue weighted by atomic mass is 127. The van der Waals surface area contributed by atoms with E-state index in [0.717, 1.165) is 21.3 Å². The minimum absolute atomic E-state index is 0.0164. The number of hydrogen-bond acceptors (Lipinski definition) is 4. The van der Waals surface area contributed by atoms with E-state index in [1.54, 1.807) is 35.0 Å². The molecule has 1 aromatic heterocycles. The third-order valence-electron chi connectivity index (χ3n) is 5.05. The fourth-order valence-electron chi connectivity index (χ4n) is 3.58. The minimum atomic E-state index is -0.387. The lowest BCUT2D eigenvalue weighted by atomic mass is 10.00. The van der Waals surface area contributed by atoms with Crippen molar-refractivity contribution >= 4 is 51.1 Å². The smallest absolute Gasteiger partial charge is 0.304 e. The van der Waals surface area contributed by atoms with E-state index < -0.39 is 0 Å². The highest BCUT2D eigenvalue weighted by Crippen LogP contribution is 2.32. The second-order valence-electron chi connectivity index (χ2n) is 7.56. The van der Waals surface area contributed by atoms with Gasteiger partial charge in [0.15, 0.2) is 12.9 Å². The van der Waals surface area contributed by atoms with Crippen LogP contribution in [0.25, 0.3) is 10.9 Å². The van der Waals surface area contributed by atoms with Gasteiger partial charge >= 0.3 is 5.91 Å². The van der Waals surface area contributed by atoms with E-state index in [1.807, 2.05) is 60.7 Å². The van der Waals surface area contributed by atoms with Crippen molar-refractivity contribution in [2.75, 3.05) is 7.05 Å². The van der Waals surface area contributed by atoms with Crippen LogP contribution in [0, 0.1) is 16.7 Å². The topological polar surface area (TPSA) is 97.6 Å². The van der Waals surface area contributed by atoms with E-state index in [9.17, 15) is 14.8 Å². The van der Waals surface area contributed by atoms with Gasteiger partial charge in [-0.05, 0) is 29.0 Å². The van der Waals surface area contributed by atoms with Gasteiger partial charge in [-0.1, -0.05) is 54.5 Å². The predicted molar refractivity (Wildman–Crippen MR) is 140 cm³/mol. The molecule has 0 radical (unpaired) electrons. The Morgan fingerprint density at radius 2 is 1.85 bits per heavy atom. The van der Waals surface area contributed by atoms with Crippen LogP contribution < -0.4 is 3.53 Å². The van der Waals surface area contributed by atoms with Gasteiger partial charge in [0.25, 0.3) is 0 Å². The molecule has 168 valence electrons. The molecule has 4 rings (SSSR count). The zero-order valence-electron chi connectivity index (χ0n) is 18.2. The van der Waals surface area contributed by atoms with Gasteiger partial charge in [-0.3, -0.25) is 8.32 Å². The van der Waals surface area contributed by atoms with Gasteiger partial charge in [0.1, 0.15) is 0 Å². The summed E-state index contributed by atoms with van der Waals surface area (Å²) in [5, 5.41) is 11.6. The summed E-state index contributed by atoms with van der Waals surface area (Å²) in [6.45, 7) is 0.295. The summed E-state index contributed by atoms with van der Waals surface area (Å²) in [7, 11) is 1.48. The summed E-state index contributed by atoms with van der Waals surface area (Å²) in [4.78, 5) is 30.6.